The van der Waals surface area contributed by atoms with E-state index in [1.165, 1.54) is 23.5 Å². The Kier molecular flexibility index (Phi) is 4.73. The summed E-state index contributed by atoms with van der Waals surface area (Å²) < 4.78 is 13.0. The van der Waals surface area contributed by atoms with Gasteiger partial charge in [-0.1, -0.05) is 0 Å². The van der Waals surface area contributed by atoms with E-state index >= 15 is 0 Å². The number of carbonyl (C=O) groups excluding carboxylic acids is 1. The third kappa shape index (κ3) is 3.59. The zero-order valence-electron chi connectivity index (χ0n) is 13.0. The molecule has 2 aromatic rings. The van der Waals surface area contributed by atoms with E-state index < -0.39 is 0 Å². The van der Waals surface area contributed by atoms with E-state index in [-0.39, 0.29) is 17.8 Å². The van der Waals surface area contributed by atoms with E-state index in [0.29, 0.717) is 30.1 Å². The quantitative estimate of drug-likeness (QED) is 0.917. The van der Waals surface area contributed by atoms with Gasteiger partial charge in [-0.15, -0.1) is 11.3 Å². The van der Waals surface area contributed by atoms with Crippen molar-refractivity contribution in [2.45, 2.75) is 32.3 Å². The summed E-state index contributed by atoms with van der Waals surface area (Å²) in [6.07, 6.45) is 1.86. The van der Waals surface area contributed by atoms with E-state index in [4.69, 9.17) is 0 Å². The van der Waals surface area contributed by atoms with Crippen molar-refractivity contribution in [1.29, 1.82) is 0 Å². The number of hydrogen-bond acceptors (Lipinski definition) is 4. The number of likely N-dealkylation sites (tertiary alicyclic amines) is 1. The molecule has 2 heterocycles. The van der Waals surface area contributed by atoms with Gasteiger partial charge in [-0.05, 0) is 50.5 Å². The van der Waals surface area contributed by atoms with Crippen LogP contribution in [0.15, 0.2) is 24.3 Å². The number of thiazole rings is 1. The molecule has 1 unspecified atom stereocenters. The van der Waals surface area contributed by atoms with Gasteiger partial charge in [-0.2, -0.15) is 0 Å². The molecule has 122 valence electrons. The number of rotatable bonds is 2. The van der Waals surface area contributed by atoms with Gasteiger partial charge in [0.25, 0.3) is 5.91 Å². The van der Waals surface area contributed by atoms with E-state index in [0.717, 1.165) is 23.4 Å². The number of aliphatic hydroxyl groups is 1. The third-order valence-corrected chi connectivity index (χ3v) is 5.26. The van der Waals surface area contributed by atoms with Crippen LogP contribution >= 0.6 is 11.3 Å². The van der Waals surface area contributed by atoms with Crippen LogP contribution < -0.4 is 0 Å². The Morgan fingerprint density at radius 3 is 2.78 bits per heavy atom. The molecule has 1 amide bonds. The summed E-state index contributed by atoms with van der Waals surface area (Å²) in [5.41, 5.74) is 1.51. The molecule has 0 aliphatic carbocycles. The van der Waals surface area contributed by atoms with Gasteiger partial charge in [-0.3, -0.25) is 4.79 Å². The molecule has 1 aromatic heterocycles. The highest BCUT2D eigenvalue weighted by Crippen LogP contribution is 2.29. The van der Waals surface area contributed by atoms with Gasteiger partial charge in [0.2, 0.25) is 0 Å². The fourth-order valence-electron chi connectivity index (χ4n) is 2.74. The minimum absolute atomic E-state index is 0.0255. The van der Waals surface area contributed by atoms with Gasteiger partial charge in [-0.25, -0.2) is 9.37 Å². The van der Waals surface area contributed by atoms with Gasteiger partial charge in [0.15, 0.2) is 0 Å². The minimum Gasteiger partial charge on any atom is -0.393 e. The molecule has 0 bridgehead atoms. The Morgan fingerprint density at radius 1 is 1.30 bits per heavy atom. The lowest BCUT2D eigenvalue weighted by Crippen LogP contribution is -2.32. The van der Waals surface area contributed by atoms with Gasteiger partial charge in [0, 0.05) is 18.7 Å². The Bertz CT molecular complexity index is 699. The molecule has 1 aromatic carbocycles. The predicted octanol–water partition coefficient (Wildman–Crippen LogP) is 3.24. The molecule has 23 heavy (non-hydrogen) atoms. The lowest BCUT2D eigenvalue weighted by Gasteiger charge is -2.19. The first-order valence-corrected chi connectivity index (χ1v) is 8.57. The van der Waals surface area contributed by atoms with E-state index in [2.05, 4.69) is 4.98 Å². The van der Waals surface area contributed by atoms with Crippen LogP contribution in [0.2, 0.25) is 0 Å². The van der Waals surface area contributed by atoms with Crippen LogP contribution in [0.3, 0.4) is 0 Å². The highest BCUT2D eigenvalue weighted by Gasteiger charge is 2.24. The summed E-state index contributed by atoms with van der Waals surface area (Å²) in [7, 11) is 0. The van der Waals surface area contributed by atoms with Crippen LogP contribution in [0.5, 0.6) is 0 Å². The highest BCUT2D eigenvalue weighted by atomic mass is 32.1. The smallest absolute Gasteiger partial charge is 0.265 e. The molecule has 3 rings (SSSR count). The summed E-state index contributed by atoms with van der Waals surface area (Å²) in [5.74, 6) is -0.316. The zero-order valence-corrected chi connectivity index (χ0v) is 13.8. The fourth-order valence-corrected chi connectivity index (χ4v) is 3.78. The van der Waals surface area contributed by atoms with Crippen LogP contribution in [0.4, 0.5) is 4.39 Å². The molecule has 1 saturated heterocycles. The Morgan fingerprint density at radius 2 is 2.04 bits per heavy atom. The number of aryl methyl sites for hydroxylation is 1. The number of carbonyl (C=O) groups is 1. The lowest BCUT2D eigenvalue weighted by molar-refractivity contribution is 0.0757. The number of benzene rings is 1. The maximum absolute atomic E-state index is 13.0. The van der Waals surface area contributed by atoms with Crippen molar-refractivity contribution >= 4 is 17.2 Å². The second-order valence-corrected chi connectivity index (χ2v) is 6.82. The van der Waals surface area contributed by atoms with Crippen molar-refractivity contribution < 1.29 is 14.3 Å². The average Bonchev–Trinajstić information content (AvgIpc) is 2.78. The average molecular weight is 334 g/mol. The predicted molar refractivity (Wildman–Crippen MR) is 88.0 cm³/mol. The number of hydrogen-bond donors (Lipinski definition) is 1. The van der Waals surface area contributed by atoms with Crippen molar-refractivity contribution in [1.82, 2.24) is 9.88 Å². The van der Waals surface area contributed by atoms with Crippen molar-refractivity contribution in [3.05, 3.63) is 40.7 Å². The highest BCUT2D eigenvalue weighted by molar-refractivity contribution is 7.17. The SMILES string of the molecule is Cc1nc(-c2ccc(F)cc2)sc1C(=O)N1CCCC(O)CC1. The first-order chi connectivity index (χ1) is 11.0. The number of nitrogens with zero attached hydrogens (tertiary/aromatic N) is 2. The largest absolute Gasteiger partial charge is 0.393 e. The molecule has 0 radical (unpaired) electrons. The standard InChI is InChI=1S/C17H19FN2O2S/c1-11-15(17(22)20-9-2-3-14(21)8-10-20)23-16(19-11)12-4-6-13(18)7-5-12/h4-7,14,21H,2-3,8-10H2,1H3. The van der Waals surface area contributed by atoms with Gasteiger partial charge >= 0.3 is 0 Å². The topological polar surface area (TPSA) is 53.4 Å². The van der Waals surface area contributed by atoms with Crippen LogP contribution in [0.25, 0.3) is 10.6 Å². The normalized spacial score (nSPS) is 18.7. The van der Waals surface area contributed by atoms with Crippen LogP contribution in [0.1, 0.15) is 34.6 Å². The fraction of sp³-hybridized carbons (Fsp3) is 0.412. The van der Waals surface area contributed by atoms with Gasteiger partial charge in [0.1, 0.15) is 15.7 Å². The molecule has 1 atom stereocenters. The number of aromatic nitrogens is 1. The molecule has 1 N–H and O–H groups in total. The molecule has 0 spiro atoms. The molecule has 1 fully saturated rings. The van der Waals surface area contributed by atoms with Crippen LogP contribution in [-0.2, 0) is 0 Å². The Balaban J connectivity index is 1.82. The maximum atomic E-state index is 13.0. The molecule has 4 nitrogen and oxygen atoms in total. The first kappa shape index (κ1) is 16.1. The second-order valence-electron chi connectivity index (χ2n) is 5.82. The molecule has 1 aliphatic heterocycles. The summed E-state index contributed by atoms with van der Waals surface area (Å²) >= 11 is 1.34. The van der Waals surface area contributed by atoms with Gasteiger partial charge < -0.3 is 10.0 Å². The number of halogens is 1. The van der Waals surface area contributed by atoms with Crippen molar-refractivity contribution in [3.63, 3.8) is 0 Å². The second kappa shape index (κ2) is 6.76. The van der Waals surface area contributed by atoms with E-state index in [1.807, 2.05) is 6.92 Å². The summed E-state index contributed by atoms with van der Waals surface area (Å²) in [6.45, 7) is 3.06. The number of amides is 1. The Hall–Kier alpha value is -1.79. The zero-order chi connectivity index (χ0) is 16.4. The minimum atomic E-state index is -0.315. The monoisotopic (exact) mass is 334 g/mol. The molecular formula is C17H19FN2O2S. The molecule has 1 aliphatic rings. The number of aliphatic hydroxyl groups excluding tert-OH is 1. The van der Waals surface area contributed by atoms with Crippen molar-refractivity contribution in [2.24, 2.45) is 0 Å². The summed E-state index contributed by atoms with van der Waals surface area (Å²) in [6, 6.07) is 6.13. The molecule has 0 saturated carbocycles. The van der Waals surface area contributed by atoms with Crippen LogP contribution in [0, 0.1) is 12.7 Å². The molecule has 6 heteroatoms. The van der Waals surface area contributed by atoms with Crippen LogP contribution in [-0.4, -0.2) is 40.1 Å². The van der Waals surface area contributed by atoms with Gasteiger partial charge in [0.05, 0.1) is 11.8 Å². The van der Waals surface area contributed by atoms with E-state index in [9.17, 15) is 14.3 Å². The summed E-state index contributed by atoms with van der Waals surface area (Å²) in [5, 5.41) is 10.4. The van der Waals surface area contributed by atoms with E-state index in [1.54, 1.807) is 17.0 Å². The first-order valence-electron chi connectivity index (χ1n) is 7.75. The Labute approximate surface area is 138 Å². The summed E-state index contributed by atoms with van der Waals surface area (Å²) in [4.78, 5) is 19.6. The maximum Gasteiger partial charge on any atom is 0.265 e. The third-order valence-electron chi connectivity index (χ3n) is 4.07. The molecular weight excluding hydrogens is 315 g/mol. The van der Waals surface area contributed by atoms with Crippen molar-refractivity contribution in [2.75, 3.05) is 13.1 Å². The lowest BCUT2D eigenvalue weighted by atomic mass is 10.2. The van der Waals surface area contributed by atoms with Crippen molar-refractivity contribution in [3.8, 4) is 10.6 Å².